The van der Waals surface area contributed by atoms with Gasteiger partial charge in [-0.05, 0) is 52.8 Å². The van der Waals surface area contributed by atoms with Gasteiger partial charge in [0.1, 0.15) is 5.82 Å². The molecule has 0 atom stereocenters. The summed E-state index contributed by atoms with van der Waals surface area (Å²) in [7, 11) is 0. The Bertz CT molecular complexity index is 1240. The zero-order chi connectivity index (χ0) is 23.4. The molecule has 0 saturated heterocycles. The number of hydrogen-bond acceptors (Lipinski definition) is 2. The second-order valence-corrected chi connectivity index (χ2v) is 9.43. The molecule has 0 saturated carbocycles. The summed E-state index contributed by atoms with van der Waals surface area (Å²) < 4.78 is 13.3. The Hall–Kier alpha value is -3.53. The van der Waals surface area contributed by atoms with Gasteiger partial charge < -0.3 is 4.90 Å². The van der Waals surface area contributed by atoms with Crippen LogP contribution in [0.25, 0.3) is 10.9 Å². The number of carbonyl (C=O) groups is 1. The lowest BCUT2D eigenvalue weighted by molar-refractivity contribution is 0.0747. The topological polar surface area (TPSA) is 33.2 Å². The fraction of sp³-hybridized carbons (Fsp3) is 0.241. The molecule has 4 rings (SSSR count). The first kappa shape index (κ1) is 22.7. The highest BCUT2D eigenvalue weighted by atomic mass is 19.1. The van der Waals surface area contributed by atoms with Gasteiger partial charge in [0.15, 0.2) is 0 Å². The first-order valence-electron chi connectivity index (χ1n) is 11.3. The van der Waals surface area contributed by atoms with Gasteiger partial charge in [0.05, 0.1) is 11.1 Å². The molecule has 4 aromatic rings. The zero-order valence-electron chi connectivity index (χ0n) is 19.4. The Morgan fingerprint density at radius 3 is 2.24 bits per heavy atom. The predicted molar refractivity (Wildman–Crippen MR) is 132 cm³/mol. The van der Waals surface area contributed by atoms with Crippen molar-refractivity contribution in [2.75, 3.05) is 6.54 Å². The van der Waals surface area contributed by atoms with Gasteiger partial charge in [-0.15, -0.1) is 0 Å². The second-order valence-electron chi connectivity index (χ2n) is 9.43. The van der Waals surface area contributed by atoms with E-state index < -0.39 is 0 Å². The molecule has 0 spiro atoms. The van der Waals surface area contributed by atoms with Crippen molar-refractivity contribution in [2.24, 2.45) is 0 Å². The van der Waals surface area contributed by atoms with Crippen molar-refractivity contribution >= 4 is 16.8 Å². The van der Waals surface area contributed by atoms with E-state index in [0.29, 0.717) is 30.6 Å². The van der Waals surface area contributed by atoms with E-state index in [9.17, 15) is 9.18 Å². The number of carbonyl (C=O) groups excluding carboxylic acids is 1. The summed E-state index contributed by atoms with van der Waals surface area (Å²) in [5, 5.41) is 0.941. The van der Waals surface area contributed by atoms with Crippen LogP contribution >= 0.6 is 0 Å². The van der Waals surface area contributed by atoms with E-state index >= 15 is 0 Å². The van der Waals surface area contributed by atoms with Crippen LogP contribution < -0.4 is 0 Å². The van der Waals surface area contributed by atoms with Crippen LogP contribution in [0, 0.1) is 5.82 Å². The van der Waals surface area contributed by atoms with Crippen LogP contribution in [0.3, 0.4) is 0 Å². The number of para-hydroxylation sites is 1. The molecule has 0 aliphatic rings. The van der Waals surface area contributed by atoms with Crippen molar-refractivity contribution in [3.8, 4) is 0 Å². The predicted octanol–water partition coefficient (Wildman–Crippen LogP) is 6.56. The molecule has 0 unspecified atom stereocenters. The van der Waals surface area contributed by atoms with Crippen LogP contribution in [-0.4, -0.2) is 22.3 Å². The Morgan fingerprint density at radius 1 is 0.879 bits per heavy atom. The summed E-state index contributed by atoms with van der Waals surface area (Å²) in [4.78, 5) is 20.0. The molecule has 33 heavy (non-hydrogen) atoms. The highest BCUT2D eigenvalue weighted by Crippen LogP contribution is 2.24. The second kappa shape index (κ2) is 9.53. The number of amides is 1. The number of halogens is 1. The summed E-state index contributed by atoms with van der Waals surface area (Å²) in [6, 6.07) is 24.5. The maximum atomic E-state index is 13.7. The molecule has 3 nitrogen and oxygen atoms in total. The Balaban J connectivity index is 1.62. The minimum Gasteiger partial charge on any atom is -0.334 e. The molecule has 168 valence electrons. The summed E-state index contributed by atoms with van der Waals surface area (Å²) in [5.74, 6) is -0.311. The lowest BCUT2D eigenvalue weighted by Crippen LogP contribution is -2.32. The molecule has 1 amide bonds. The highest BCUT2D eigenvalue weighted by molar-refractivity contribution is 6.05. The molecule has 1 aromatic heterocycles. The van der Waals surface area contributed by atoms with Crippen LogP contribution in [0.4, 0.5) is 4.39 Å². The van der Waals surface area contributed by atoms with Crippen LogP contribution in [0.1, 0.15) is 47.8 Å². The van der Waals surface area contributed by atoms with Crippen LogP contribution in [0.2, 0.25) is 0 Å². The molecular weight excluding hydrogens is 411 g/mol. The van der Waals surface area contributed by atoms with Gasteiger partial charge in [-0.25, -0.2) is 4.39 Å². The normalized spacial score (nSPS) is 11.5. The quantitative estimate of drug-likeness (QED) is 0.340. The van der Waals surface area contributed by atoms with Crippen LogP contribution in [-0.2, 0) is 18.4 Å². The van der Waals surface area contributed by atoms with Crippen molar-refractivity contribution in [3.05, 3.63) is 113 Å². The number of rotatable bonds is 6. The van der Waals surface area contributed by atoms with Gasteiger partial charge in [-0.2, -0.15) is 0 Å². The number of aromatic nitrogens is 1. The van der Waals surface area contributed by atoms with Crippen molar-refractivity contribution in [1.29, 1.82) is 0 Å². The third-order valence-corrected chi connectivity index (χ3v) is 5.93. The Kier molecular flexibility index (Phi) is 6.55. The number of pyridine rings is 1. The lowest BCUT2D eigenvalue weighted by Gasteiger charge is -2.24. The summed E-state index contributed by atoms with van der Waals surface area (Å²) >= 11 is 0. The third-order valence-electron chi connectivity index (χ3n) is 5.93. The van der Waals surface area contributed by atoms with Crippen molar-refractivity contribution in [2.45, 2.75) is 39.2 Å². The largest absolute Gasteiger partial charge is 0.334 e. The van der Waals surface area contributed by atoms with Gasteiger partial charge in [-0.1, -0.05) is 75.4 Å². The highest BCUT2D eigenvalue weighted by Gasteiger charge is 2.20. The molecule has 0 aliphatic heterocycles. The van der Waals surface area contributed by atoms with Crippen LogP contribution in [0.15, 0.2) is 85.1 Å². The molecule has 3 aromatic carbocycles. The SMILES string of the molecule is CC(C)(C)c1ccc(CN(CCc2ccc(F)cc2)C(=O)c2cccc3cccnc23)cc1. The Morgan fingerprint density at radius 2 is 1.55 bits per heavy atom. The summed E-state index contributed by atoms with van der Waals surface area (Å²) in [6.07, 6.45) is 2.36. The number of nitrogens with zero attached hydrogens (tertiary/aromatic N) is 2. The molecule has 0 N–H and O–H groups in total. The molecule has 4 heteroatoms. The lowest BCUT2D eigenvalue weighted by atomic mass is 9.87. The van der Waals surface area contributed by atoms with E-state index in [0.717, 1.165) is 16.5 Å². The van der Waals surface area contributed by atoms with E-state index in [1.165, 1.54) is 17.7 Å². The Labute approximate surface area is 194 Å². The van der Waals surface area contributed by atoms with Crippen molar-refractivity contribution in [1.82, 2.24) is 9.88 Å². The molecular formula is C29H29FN2O. The van der Waals surface area contributed by atoms with E-state index in [2.05, 4.69) is 50.0 Å². The van der Waals surface area contributed by atoms with Crippen molar-refractivity contribution < 1.29 is 9.18 Å². The van der Waals surface area contributed by atoms with E-state index in [1.54, 1.807) is 18.3 Å². The smallest absolute Gasteiger partial charge is 0.256 e. The molecule has 0 radical (unpaired) electrons. The maximum absolute atomic E-state index is 13.7. The van der Waals surface area contributed by atoms with E-state index in [-0.39, 0.29) is 17.1 Å². The molecule has 0 bridgehead atoms. The fourth-order valence-electron chi connectivity index (χ4n) is 3.95. The van der Waals surface area contributed by atoms with Gasteiger partial charge in [0.25, 0.3) is 5.91 Å². The maximum Gasteiger partial charge on any atom is 0.256 e. The average molecular weight is 441 g/mol. The average Bonchev–Trinajstić information content (AvgIpc) is 2.81. The monoisotopic (exact) mass is 440 g/mol. The first-order chi connectivity index (χ1) is 15.8. The minimum atomic E-state index is -0.257. The first-order valence-corrected chi connectivity index (χ1v) is 11.3. The molecule has 0 fully saturated rings. The standard InChI is InChI=1S/C29H29FN2O/c1-29(2,3)24-13-9-22(10-14-24)20-32(19-17-21-11-15-25(30)16-12-21)28(33)26-8-4-6-23-7-5-18-31-27(23)26/h4-16,18H,17,19-20H2,1-3H3. The van der Waals surface area contributed by atoms with Gasteiger partial charge in [0, 0.05) is 24.7 Å². The number of fused-ring (bicyclic) bond motifs is 1. The van der Waals surface area contributed by atoms with Crippen molar-refractivity contribution in [3.63, 3.8) is 0 Å². The molecule has 0 aliphatic carbocycles. The van der Waals surface area contributed by atoms with Gasteiger partial charge >= 0.3 is 0 Å². The minimum absolute atomic E-state index is 0.0543. The fourth-order valence-corrected chi connectivity index (χ4v) is 3.95. The summed E-state index contributed by atoms with van der Waals surface area (Å²) in [5.41, 5.74) is 4.70. The third kappa shape index (κ3) is 5.46. The summed E-state index contributed by atoms with van der Waals surface area (Å²) in [6.45, 7) is 7.58. The molecule has 1 heterocycles. The zero-order valence-corrected chi connectivity index (χ0v) is 19.4. The van der Waals surface area contributed by atoms with E-state index in [1.807, 2.05) is 35.2 Å². The van der Waals surface area contributed by atoms with E-state index in [4.69, 9.17) is 0 Å². The van der Waals surface area contributed by atoms with Gasteiger partial charge in [0.2, 0.25) is 0 Å². The number of benzene rings is 3. The van der Waals surface area contributed by atoms with Gasteiger partial charge in [-0.3, -0.25) is 9.78 Å². The van der Waals surface area contributed by atoms with Crippen LogP contribution in [0.5, 0.6) is 0 Å². The number of hydrogen-bond donors (Lipinski definition) is 0.